The van der Waals surface area contributed by atoms with Crippen LogP contribution in [-0.2, 0) is 21.5 Å². The Balaban J connectivity index is 2.13. The van der Waals surface area contributed by atoms with Crippen molar-refractivity contribution in [3.63, 3.8) is 0 Å². The van der Waals surface area contributed by atoms with E-state index in [0.717, 1.165) is 43.4 Å². The van der Waals surface area contributed by atoms with Gasteiger partial charge in [-0.2, -0.15) is 0 Å². The molecule has 0 heterocycles. The summed E-state index contributed by atoms with van der Waals surface area (Å²) < 4.78 is 0. The van der Waals surface area contributed by atoms with Gasteiger partial charge in [0.2, 0.25) is 0 Å². The van der Waals surface area contributed by atoms with Crippen LogP contribution in [0.25, 0.3) is 0 Å². The Kier molecular flexibility index (Phi) is 5.93. The van der Waals surface area contributed by atoms with Crippen LogP contribution < -0.4 is 0 Å². The first-order valence-electron chi connectivity index (χ1n) is 10.8. The Morgan fingerprint density at radius 2 is 2.10 bits per heavy atom. The number of carboxylic acids is 1. The number of hydrogen-bond donors (Lipinski definition) is 1. The molecule has 0 aromatic heterocycles. The first-order valence-corrected chi connectivity index (χ1v) is 10.8. The SMILES string of the molecule is C=CCO/N=C(\C)c1cc2c(cc1C(C)C)CCC1[C@](C)(C(=O)O)CCC[C@]21C. The monoisotopic (exact) mass is 397 g/mol. The fourth-order valence-corrected chi connectivity index (χ4v) is 5.82. The molecular weight excluding hydrogens is 362 g/mol. The van der Waals surface area contributed by atoms with Crippen molar-refractivity contribution in [1.82, 2.24) is 0 Å². The molecule has 0 bridgehead atoms. The maximum Gasteiger partial charge on any atom is 0.309 e. The Labute approximate surface area is 175 Å². The molecule has 1 N–H and O–H groups in total. The molecule has 1 aromatic rings. The molecule has 2 aliphatic rings. The number of aryl methyl sites for hydroxylation is 1. The lowest BCUT2D eigenvalue weighted by Crippen LogP contribution is -2.52. The predicted octanol–water partition coefficient (Wildman–Crippen LogP) is 5.83. The van der Waals surface area contributed by atoms with Crippen molar-refractivity contribution >= 4 is 11.7 Å². The smallest absolute Gasteiger partial charge is 0.309 e. The average Bonchev–Trinajstić information content (AvgIpc) is 2.66. The number of hydrogen-bond acceptors (Lipinski definition) is 3. The van der Waals surface area contributed by atoms with E-state index >= 15 is 0 Å². The number of carbonyl (C=O) groups is 1. The molecule has 4 heteroatoms. The number of rotatable bonds is 6. The molecule has 0 saturated heterocycles. The van der Waals surface area contributed by atoms with Gasteiger partial charge in [-0.05, 0) is 79.5 Å². The quantitative estimate of drug-likeness (QED) is 0.284. The van der Waals surface area contributed by atoms with Gasteiger partial charge in [-0.15, -0.1) is 0 Å². The number of benzene rings is 1. The van der Waals surface area contributed by atoms with Gasteiger partial charge < -0.3 is 9.94 Å². The van der Waals surface area contributed by atoms with Crippen molar-refractivity contribution in [2.75, 3.05) is 6.61 Å². The lowest BCUT2D eigenvalue weighted by atomic mass is 9.49. The van der Waals surface area contributed by atoms with Gasteiger partial charge in [0, 0.05) is 5.56 Å². The molecule has 0 spiro atoms. The Morgan fingerprint density at radius 1 is 1.38 bits per heavy atom. The summed E-state index contributed by atoms with van der Waals surface area (Å²) >= 11 is 0. The van der Waals surface area contributed by atoms with Gasteiger partial charge in [-0.25, -0.2) is 0 Å². The van der Waals surface area contributed by atoms with E-state index in [1.54, 1.807) is 6.08 Å². The second-order valence-corrected chi connectivity index (χ2v) is 9.60. The summed E-state index contributed by atoms with van der Waals surface area (Å²) in [5.41, 5.74) is 5.19. The van der Waals surface area contributed by atoms with E-state index in [4.69, 9.17) is 4.84 Å². The lowest BCUT2D eigenvalue weighted by Gasteiger charge is -2.53. The van der Waals surface area contributed by atoms with Crippen LogP contribution in [0.15, 0.2) is 29.9 Å². The molecule has 1 fully saturated rings. The molecule has 3 atom stereocenters. The molecule has 0 amide bonds. The van der Waals surface area contributed by atoms with E-state index in [0.29, 0.717) is 12.5 Å². The number of carboxylic acid groups (broad SMARTS) is 1. The van der Waals surface area contributed by atoms with Crippen molar-refractivity contribution in [3.8, 4) is 0 Å². The average molecular weight is 398 g/mol. The minimum absolute atomic E-state index is 0.120. The fraction of sp³-hybridized carbons (Fsp3) is 0.600. The molecule has 3 rings (SSSR count). The second-order valence-electron chi connectivity index (χ2n) is 9.60. The first kappa shape index (κ1) is 21.6. The molecule has 0 radical (unpaired) electrons. The van der Waals surface area contributed by atoms with E-state index < -0.39 is 11.4 Å². The highest BCUT2D eigenvalue weighted by Crippen LogP contribution is 2.57. The summed E-state index contributed by atoms with van der Waals surface area (Å²) in [6.45, 7) is 14.7. The molecule has 2 aliphatic carbocycles. The summed E-state index contributed by atoms with van der Waals surface area (Å²) in [7, 11) is 0. The van der Waals surface area contributed by atoms with Gasteiger partial charge in [0.05, 0.1) is 11.1 Å². The summed E-state index contributed by atoms with van der Waals surface area (Å²) in [5, 5.41) is 14.3. The zero-order chi connectivity index (χ0) is 21.4. The number of aliphatic carboxylic acids is 1. The van der Waals surface area contributed by atoms with Crippen molar-refractivity contribution in [2.45, 2.75) is 78.1 Å². The fourth-order valence-electron chi connectivity index (χ4n) is 5.82. The standard InChI is InChI=1S/C25H35NO3/c1-7-13-29-26-17(4)20-15-21-18(14-19(20)16(2)3)9-10-22-24(21,5)11-8-12-25(22,6)23(27)28/h7,14-16,22H,1,8-13H2,2-6H3,(H,27,28)/b26-17+/t22?,24-,25-/m1/s1. The van der Waals surface area contributed by atoms with Crippen LogP contribution in [0.4, 0.5) is 0 Å². The highest BCUT2D eigenvalue weighted by molar-refractivity contribution is 6.00. The highest BCUT2D eigenvalue weighted by atomic mass is 16.6. The van der Waals surface area contributed by atoms with Gasteiger partial charge >= 0.3 is 5.97 Å². The molecule has 0 aliphatic heterocycles. The van der Waals surface area contributed by atoms with Crippen LogP contribution in [-0.4, -0.2) is 23.4 Å². The third-order valence-electron chi connectivity index (χ3n) is 7.42. The van der Waals surface area contributed by atoms with Crippen molar-refractivity contribution in [3.05, 3.63) is 47.0 Å². The minimum Gasteiger partial charge on any atom is -0.481 e. The van der Waals surface area contributed by atoms with Gasteiger partial charge in [-0.1, -0.05) is 51.1 Å². The van der Waals surface area contributed by atoms with Gasteiger partial charge in [0.25, 0.3) is 0 Å². The predicted molar refractivity (Wildman–Crippen MR) is 118 cm³/mol. The van der Waals surface area contributed by atoms with Crippen LogP contribution in [0.3, 0.4) is 0 Å². The summed E-state index contributed by atoms with van der Waals surface area (Å²) in [6.07, 6.45) is 6.33. The maximum absolute atomic E-state index is 12.2. The normalized spacial score (nSPS) is 29.2. The van der Waals surface area contributed by atoms with Crippen molar-refractivity contribution in [1.29, 1.82) is 0 Å². The minimum atomic E-state index is -0.655. The molecule has 29 heavy (non-hydrogen) atoms. The first-order chi connectivity index (χ1) is 13.6. The van der Waals surface area contributed by atoms with Crippen LogP contribution in [0, 0.1) is 11.3 Å². The van der Waals surface area contributed by atoms with Gasteiger partial charge in [-0.3, -0.25) is 4.79 Å². The topological polar surface area (TPSA) is 58.9 Å². The maximum atomic E-state index is 12.2. The van der Waals surface area contributed by atoms with Gasteiger partial charge in [0.15, 0.2) is 0 Å². The van der Waals surface area contributed by atoms with E-state index in [9.17, 15) is 9.90 Å². The molecule has 4 nitrogen and oxygen atoms in total. The molecule has 1 aromatic carbocycles. The largest absolute Gasteiger partial charge is 0.481 e. The molecule has 1 saturated carbocycles. The molecule has 158 valence electrons. The Bertz CT molecular complexity index is 841. The third kappa shape index (κ3) is 3.62. The van der Waals surface area contributed by atoms with Crippen molar-refractivity contribution < 1.29 is 14.7 Å². The van der Waals surface area contributed by atoms with Crippen molar-refractivity contribution in [2.24, 2.45) is 16.5 Å². The highest BCUT2D eigenvalue weighted by Gasteiger charge is 2.55. The molecule has 1 unspecified atom stereocenters. The van der Waals surface area contributed by atoms with Crippen LogP contribution in [0.2, 0.25) is 0 Å². The number of fused-ring (bicyclic) bond motifs is 3. The van der Waals surface area contributed by atoms with Gasteiger partial charge in [0.1, 0.15) is 6.61 Å². The summed E-state index contributed by atoms with van der Waals surface area (Å²) in [5.74, 6) is -0.117. The lowest BCUT2D eigenvalue weighted by molar-refractivity contribution is -0.157. The van der Waals surface area contributed by atoms with E-state index in [1.807, 2.05) is 13.8 Å². The molecular formula is C25H35NO3. The van der Waals surface area contributed by atoms with Crippen LogP contribution in [0.5, 0.6) is 0 Å². The zero-order valence-corrected chi connectivity index (χ0v) is 18.5. The number of oxime groups is 1. The summed E-state index contributed by atoms with van der Waals surface area (Å²) in [6, 6.07) is 4.64. The van der Waals surface area contributed by atoms with Crippen LogP contribution >= 0.6 is 0 Å². The Hall–Kier alpha value is -2.10. The zero-order valence-electron chi connectivity index (χ0n) is 18.5. The number of nitrogens with zero attached hydrogens (tertiary/aromatic N) is 1. The third-order valence-corrected chi connectivity index (χ3v) is 7.42. The Morgan fingerprint density at radius 3 is 2.72 bits per heavy atom. The second kappa shape index (κ2) is 7.97. The van der Waals surface area contributed by atoms with E-state index in [2.05, 4.69) is 44.6 Å². The van der Waals surface area contributed by atoms with Crippen LogP contribution in [0.1, 0.15) is 88.5 Å². The van der Waals surface area contributed by atoms with E-state index in [-0.39, 0.29) is 11.3 Å². The summed E-state index contributed by atoms with van der Waals surface area (Å²) in [4.78, 5) is 17.6. The van der Waals surface area contributed by atoms with E-state index in [1.165, 1.54) is 16.7 Å².